The van der Waals surface area contributed by atoms with Gasteiger partial charge in [0.05, 0.1) is 20.6 Å². The third kappa shape index (κ3) is 2.91. The van der Waals surface area contributed by atoms with E-state index in [-0.39, 0.29) is 0 Å². The molecule has 0 aliphatic carbocycles. The van der Waals surface area contributed by atoms with E-state index >= 15 is 0 Å². The molecule has 19 heavy (non-hydrogen) atoms. The van der Waals surface area contributed by atoms with Gasteiger partial charge >= 0.3 is 0 Å². The Morgan fingerprint density at radius 2 is 1.84 bits per heavy atom. The van der Waals surface area contributed by atoms with Gasteiger partial charge in [0.2, 0.25) is 0 Å². The first-order valence-electron chi connectivity index (χ1n) is 6.29. The summed E-state index contributed by atoms with van der Waals surface area (Å²) in [5.74, 6) is 0. The van der Waals surface area contributed by atoms with Gasteiger partial charge in [0.25, 0.3) is 0 Å². The number of nitrogens with zero attached hydrogens (tertiary/aromatic N) is 1. The third-order valence-electron chi connectivity index (χ3n) is 2.85. The predicted octanol–water partition coefficient (Wildman–Crippen LogP) is 5.58. The molecule has 1 aromatic heterocycles. The van der Waals surface area contributed by atoms with Crippen molar-refractivity contribution in [3.05, 3.63) is 32.9 Å². The van der Waals surface area contributed by atoms with Crippen LogP contribution in [0.5, 0.6) is 0 Å². The highest BCUT2D eigenvalue weighted by Gasteiger charge is 2.14. The number of benzene rings is 1. The van der Waals surface area contributed by atoms with Crippen LogP contribution in [-0.4, -0.2) is 11.5 Å². The summed E-state index contributed by atoms with van der Waals surface area (Å²) in [6.07, 6.45) is 1.94. The molecule has 0 amide bonds. The predicted molar refractivity (Wildman–Crippen MR) is 84.9 cm³/mol. The SMILES string of the molecule is CCCc1cc(NCC)c2c(Cl)c(Cl)cc(Cl)c2n1. The first-order valence-corrected chi connectivity index (χ1v) is 7.42. The molecule has 0 bridgehead atoms. The number of hydrogen-bond donors (Lipinski definition) is 1. The van der Waals surface area contributed by atoms with E-state index in [0.29, 0.717) is 20.6 Å². The van der Waals surface area contributed by atoms with Crippen molar-refractivity contribution in [2.24, 2.45) is 0 Å². The van der Waals surface area contributed by atoms with Crippen LogP contribution in [0.2, 0.25) is 15.1 Å². The van der Waals surface area contributed by atoms with Gasteiger partial charge in [-0.1, -0.05) is 48.1 Å². The number of anilines is 1. The lowest BCUT2D eigenvalue weighted by Gasteiger charge is -2.13. The fourth-order valence-electron chi connectivity index (χ4n) is 2.07. The molecule has 0 fully saturated rings. The fourth-order valence-corrected chi connectivity index (χ4v) is 2.82. The molecule has 1 N–H and O–H groups in total. The van der Waals surface area contributed by atoms with Gasteiger partial charge < -0.3 is 5.32 Å². The van der Waals surface area contributed by atoms with Crippen LogP contribution in [0.1, 0.15) is 26.0 Å². The number of aromatic nitrogens is 1. The summed E-state index contributed by atoms with van der Waals surface area (Å²) < 4.78 is 0. The molecular formula is C14H15Cl3N2. The van der Waals surface area contributed by atoms with Gasteiger partial charge in [-0.05, 0) is 25.5 Å². The highest BCUT2D eigenvalue weighted by atomic mass is 35.5. The Hall–Kier alpha value is -0.700. The van der Waals surface area contributed by atoms with Crippen molar-refractivity contribution in [3.63, 3.8) is 0 Å². The summed E-state index contributed by atoms with van der Waals surface area (Å²) in [5.41, 5.74) is 2.65. The van der Waals surface area contributed by atoms with Crippen LogP contribution in [0, 0.1) is 0 Å². The molecule has 1 heterocycles. The smallest absolute Gasteiger partial charge is 0.0928 e. The van der Waals surface area contributed by atoms with E-state index in [2.05, 4.69) is 17.2 Å². The van der Waals surface area contributed by atoms with Gasteiger partial charge in [-0.2, -0.15) is 0 Å². The lowest BCUT2D eigenvalue weighted by Crippen LogP contribution is -2.01. The zero-order chi connectivity index (χ0) is 14.0. The van der Waals surface area contributed by atoms with Crippen LogP contribution in [-0.2, 0) is 6.42 Å². The molecule has 0 spiro atoms. The maximum Gasteiger partial charge on any atom is 0.0928 e. The molecule has 2 nitrogen and oxygen atoms in total. The molecule has 0 saturated heterocycles. The highest BCUT2D eigenvalue weighted by molar-refractivity contribution is 6.48. The Morgan fingerprint density at radius 1 is 1.11 bits per heavy atom. The van der Waals surface area contributed by atoms with Crippen molar-refractivity contribution < 1.29 is 0 Å². The molecular weight excluding hydrogens is 303 g/mol. The van der Waals surface area contributed by atoms with Crippen LogP contribution in [0.4, 0.5) is 5.69 Å². The molecule has 1 aromatic carbocycles. The zero-order valence-corrected chi connectivity index (χ0v) is 13.1. The van der Waals surface area contributed by atoms with Gasteiger partial charge in [0.15, 0.2) is 0 Å². The Morgan fingerprint density at radius 3 is 2.47 bits per heavy atom. The van der Waals surface area contributed by atoms with E-state index < -0.39 is 0 Å². The van der Waals surface area contributed by atoms with Crippen molar-refractivity contribution in [1.82, 2.24) is 4.98 Å². The number of hydrogen-bond acceptors (Lipinski definition) is 2. The third-order valence-corrected chi connectivity index (χ3v) is 3.93. The minimum Gasteiger partial charge on any atom is -0.385 e. The maximum atomic E-state index is 6.30. The molecule has 2 aromatic rings. The number of rotatable bonds is 4. The van der Waals surface area contributed by atoms with Crippen molar-refractivity contribution in [1.29, 1.82) is 0 Å². The Balaban J connectivity index is 2.78. The second-order valence-electron chi connectivity index (χ2n) is 4.32. The molecule has 0 aliphatic rings. The molecule has 0 saturated carbocycles. The number of halogens is 3. The fraction of sp³-hybridized carbons (Fsp3) is 0.357. The molecule has 2 rings (SSSR count). The van der Waals surface area contributed by atoms with Crippen LogP contribution in [0.25, 0.3) is 10.9 Å². The standard InChI is InChI=1S/C14H15Cl3N2/c1-3-5-8-6-11(18-4-2)12-13(17)9(15)7-10(16)14(12)19-8/h6-7H,3-5H2,1-2H3,(H,18,19). The monoisotopic (exact) mass is 316 g/mol. The van der Waals surface area contributed by atoms with E-state index in [1.807, 2.05) is 13.0 Å². The molecule has 0 aliphatic heterocycles. The van der Waals surface area contributed by atoms with Gasteiger partial charge in [0.1, 0.15) is 0 Å². The summed E-state index contributed by atoms with van der Waals surface area (Å²) in [6, 6.07) is 3.67. The average Bonchev–Trinajstić information content (AvgIpc) is 2.36. The highest BCUT2D eigenvalue weighted by Crippen LogP contribution is 2.39. The van der Waals surface area contributed by atoms with E-state index in [1.165, 1.54) is 0 Å². The van der Waals surface area contributed by atoms with E-state index in [1.54, 1.807) is 6.07 Å². The van der Waals surface area contributed by atoms with Crippen LogP contribution in [0.15, 0.2) is 12.1 Å². The first-order chi connectivity index (χ1) is 9.08. The van der Waals surface area contributed by atoms with Crippen LogP contribution >= 0.6 is 34.8 Å². The summed E-state index contributed by atoms with van der Waals surface area (Å²) in [4.78, 5) is 4.59. The second-order valence-corrected chi connectivity index (χ2v) is 5.51. The molecule has 0 radical (unpaired) electrons. The number of aryl methyl sites for hydroxylation is 1. The van der Waals surface area contributed by atoms with E-state index in [0.717, 1.165) is 36.2 Å². The topological polar surface area (TPSA) is 24.9 Å². The molecule has 5 heteroatoms. The number of fused-ring (bicyclic) bond motifs is 1. The summed E-state index contributed by atoms with van der Waals surface area (Å²) in [6.45, 7) is 4.95. The lowest BCUT2D eigenvalue weighted by molar-refractivity contribution is 0.890. The maximum absolute atomic E-state index is 6.30. The normalized spacial score (nSPS) is 11.0. The minimum atomic E-state index is 0.448. The van der Waals surface area contributed by atoms with Crippen LogP contribution < -0.4 is 5.32 Å². The summed E-state index contributed by atoms with van der Waals surface area (Å²) in [7, 11) is 0. The van der Waals surface area contributed by atoms with E-state index in [9.17, 15) is 0 Å². The largest absolute Gasteiger partial charge is 0.385 e. The van der Waals surface area contributed by atoms with Crippen molar-refractivity contribution in [3.8, 4) is 0 Å². The quantitative estimate of drug-likeness (QED) is 0.745. The minimum absolute atomic E-state index is 0.448. The number of nitrogens with one attached hydrogen (secondary N) is 1. The average molecular weight is 318 g/mol. The second kappa shape index (κ2) is 6.17. The zero-order valence-electron chi connectivity index (χ0n) is 10.9. The Kier molecular flexibility index (Phi) is 4.77. The van der Waals surface area contributed by atoms with Crippen molar-refractivity contribution >= 4 is 51.4 Å². The van der Waals surface area contributed by atoms with Crippen LogP contribution in [0.3, 0.4) is 0 Å². The van der Waals surface area contributed by atoms with Crippen molar-refractivity contribution in [2.45, 2.75) is 26.7 Å². The number of pyridine rings is 1. The Bertz CT molecular complexity index is 611. The first kappa shape index (κ1) is 14.7. The molecule has 0 atom stereocenters. The lowest BCUT2D eigenvalue weighted by atomic mass is 10.1. The van der Waals surface area contributed by atoms with E-state index in [4.69, 9.17) is 34.8 Å². The summed E-state index contributed by atoms with van der Waals surface area (Å²) >= 11 is 18.6. The Labute approximate surface area is 128 Å². The van der Waals surface area contributed by atoms with Gasteiger partial charge in [-0.15, -0.1) is 0 Å². The van der Waals surface area contributed by atoms with Gasteiger partial charge in [0, 0.05) is 23.3 Å². The van der Waals surface area contributed by atoms with Gasteiger partial charge in [-0.3, -0.25) is 4.98 Å². The molecule has 0 unspecified atom stereocenters. The van der Waals surface area contributed by atoms with Crippen molar-refractivity contribution in [2.75, 3.05) is 11.9 Å². The summed E-state index contributed by atoms with van der Waals surface area (Å²) in [5, 5.41) is 5.57. The van der Waals surface area contributed by atoms with Gasteiger partial charge in [-0.25, -0.2) is 0 Å². The molecule has 102 valence electrons.